The van der Waals surface area contributed by atoms with Crippen molar-refractivity contribution in [3.63, 3.8) is 0 Å². The van der Waals surface area contributed by atoms with E-state index in [-0.39, 0.29) is 0 Å². The Kier molecular flexibility index (Phi) is 14.4. The van der Waals surface area contributed by atoms with Crippen LogP contribution >= 0.6 is 45.2 Å². The van der Waals surface area contributed by atoms with Crippen molar-refractivity contribution in [3.05, 3.63) is 10.2 Å². The van der Waals surface area contributed by atoms with Gasteiger partial charge in [-0.2, -0.15) is 0 Å². The van der Waals surface area contributed by atoms with Crippen molar-refractivity contribution in [2.75, 3.05) is 4.43 Å². The Hall–Kier alpha value is 1.20. The van der Waals surface area contributed by atoms with Gasteiger partial charge in [-0.05, 0) is 27.8 Å². The summed E-state index contributed by atoms with van der Waals surface area (Å²) in [5.74, 6) is 0. The molecule has 13 heavy (non-hydrogen) atoms. The molecule has 0 saturated heterocycles. The van der Waals surface area contributed by atoms with E-state index in [4.69, 9.17) is 0 Å². The predicted octanol–water partition coefficient (Wildman–Crippen LogP) is 5.49. The third-order valence-corrected chi connectivity index (χ3v) is 3.36. The van der Waals surface area contributed by atoms with Crippen LogP contribution in [0.1, 0.15) is 51.4 Å². The van der Waals surface area contributed by atoms with Gasteiger partial charge in [0.25, 0.3) is 0 Å². The predicted molar refractivity (Wildman–Crippen MR) is 79.0 cm³/mol. The second-order valence-electron chi connectivity index (χ2n) is 3.31. The van der Waals surface area contributed by atoms with Crippen molar-refractivity contribution < 1.29 is 0 Å². The summed E-state index contributed by atoms with van der Waals surface area (Å²) < 4.78 is 3.45. The number of alkyl halides is 1. The lowest BCUT2D eigenvalue weighted by Gasteiger charge is -1.99. The summed E-state index contributed by atoms with van der Waals surface area (Å²) in [4.78, 5) is 0. The van der Waals surface area contributed by atoms with Gasteiger partial charge in [-0.25, -0.2) is 0 Å². The Morgan fingerprint density at radius 3 is 1.85 bits per heavy atom. The Balaban J connectivity index is 2.83. The highest BCUT2D eigenvalue weighted by atomic mass is 127. The molecule has 78 valence electrons. The number of hydrogen-bond donors (Lipinski definition) is 0. The monoisotopic (exact) mass is 406 g/mol. The topological polar surface area (TPSA) is 0 Å². The van der Waals surface area contributed by atoms with Crippen molar-refractivity contribution in [1.82, 2.24) is 0 Å². The van der Waals surface area contributed by atoms with Crippen LogP contribution in [0.2, 0.25) is 0 Å². The van der Waals surface area contributed by atoms with Gasteiger partial charge in [0, 0.05) is 0 Å². The maximum atomic E-state index is 2.46. The van der Waals surface area contributed by atoms with E-state index in [2.05, 4.69) is 55.3 Å². The van der Waals surface area contributed by atoms with E-state index in [0.29, 0.717) is 0 Å². The highest BCUT2D eigenvalue weighted by Crippen LogP contribution is 2.09. The Morgan fingerprint density at radius 1 is 0.769 bits per heavy atom. The molecule has 0 spiro atoms. The molecule has 0 saturated carbocycles. The molecule has 0 amide bonds. The van der Waals surface area contributed by atoms with E-state index in [1.165, 1.54) is 55.8 Å². The van der Waals surface area contributed by atoms with Crippen LogP contribution in [0.15, 0.2) is 10.2 Å². The first-order chi connectivity index (χ1) is 6.41. The highest BCUT2D eigenvalue weighted by molar-refractivity contribution is 14.1. The zero-order valence-corrected chi connectivity index (χ0v) is 12.6. The summed E-state index contributed by atoms with van der Waals surface area (Å²) in [6, 6.07) is 0. The summed E-state index contributed by atoms with van der Waals surface area (Å²) in [6.45, 7) is 0. The van der Waals surface area contributed by atoms with Crippen molar-refractivity contribution in [3.8, 4) is 0 Å². The third kappa shape index (κ3) is 13.2. The maximum Gasteiger partial charge on any atom is -0.000473 e. The van der Waals surface area contributed by atoms with Gasteiger partial charge in [0.1, 0.15) is 0 Å². The van der Waals surface area contributed by atoms with E-state index in [1.54, 1.807) is 0 Å². The summed E-state index contributed by atoms with van der Waals surface area (Å²) in [5.41, 5.74) is 0. The lowest BCUT2D eigenvalue weighted by molar-refractivity contribution is 0.595. The van der Waals surface area contributed by atoms with Crippen molar-refractivity contribution >= 4 is 45.2 Å². The Bertz CT molecular complexity index is 111. The zero-order valence-electron chi connectivity index (χ0n) is 8.27. The second kappa shape index (κ2) is 13.2. The van der Waals surface area contributed by atoms with Gasteiger partial charge in [-0.1, -0.05) is 83.4 Å². The number of hydrogen-bond acceptors (Lipinski definition) is 0. The number of halogens is 2. The van der Waals surface area contributed by atoms with Crippen LogP contribution in [0.25, 0.3) is 0 Å². The molecule has 0 bridgehead atoms. The average molecular weight is 406 g/mol. The molecule has 0 aliphatic heterocycles. The summed E-state index contributed by atoms with van der Waals surface area (Å²) in [6.07, 6.45) is 13.5. The molecule has 0 nitrogen and oxygen atoms in total. The van der Waals surface area contributed by atoms with E-state index < -0.39 is 0 Å². The van der Waals surface area contributed by atoms with Gasteiger partial charge in [-0.15, -0.1) is 0 Å². The minimum absolute atomic E-state index is 1.27. The summed E-state index contributed by atoms with van der Waals surface area (Å²) in [7, 11) is 0. The Labute approximate surface area is 110 Å². The molecule has 0 aromatic carbocycles. The van der Waals surface area contributed by atoms with Crippen LogP contribution < -0.4 is 0 Å². The largest absolute Gasteiger partial charge is 0.0864 e. The fraction of sp³-hybridized carbons (Fsp3) is 0.818. The molecule has 0 N–H and O–H groups in total. The minimum Gasteiger partial charge on any atom is -0.0864 e. The smallest absolute Gasteiger partial charge is 0.000473 e. The first kappa shape index (κ1) is 14.2. The van der Waals surface area contributed by atoms with Crippen LogP contribution in [-0.4, -0.2) is 4.43 Å². The normalized spacial score (nSPS) is 11.2. The molecule has 0 aliphatic carbocycles. The third-order valence-electron chi connectivity index (χ3n) is 2.09. The SMILES string of the molecule is I/C=C/CCCCCCCCCI. The fourth-order valence-corrected chi connectivity index (χ4v) is 2.20. The first-order valence-electron chi connectivity index (χ1n) is 5.23. The van der Waals surface area contributed by atoms with Crippen LogP contribution in [-0.2, 0) is 0 Å². The van der Waals surface area contributed by atoms with Crippen molar-refractivity contribution in [1.29, 1.82) is 0 Å². The minimum atomic E-state index is 1.27. The number of unbranched alkanes of at least 4 members (excludes halogenated alkanes) is 7. The molecule has 0 atom stereocenters. The van der Waals surface area contributed by atoms with E-state index in [1.807, 2.05) is 0 Å². The zero-order chi connectivity index (χ0) is 9.78. The van der Waals surface area contributed by atoms with E-state index in [0.717, 1.165) is 0 Å². The lowest BCUT2D eigenvalue weighted by Crippen LogP contribution is -1.80. The highest BCUT2D eigenvalue weighted by Gasteiger charge is 1.90. The standard InChI is InChI=1S/C11H20I2/c12-10-8-6-4-2-1-3-5-7-9-11-13/h8,10H,1-7,9,11H2/b10-8+. The first-order valence-corrected chi connectivity index (χ1v) is 8.00. The molecule has 2 heteroatoms. The van der Waals surface area contributed by atoms with Crippen molar-refractivity contribution in [2.24, 2.45) is 0 Å². The van der Waals surface area contributed by atoms with E-state index in [9.17, 15) is 0 Å². The molecule has 0 radical (unpaired) electrons. The van der Waals surface area contributed by atoms with Gasteiger partial charge in [0.15, 0.2) is 0 Å². The van der Waals surface area contributed by atoms with Crippen LogP contribution in [0.3, 0.4) is 0 Å². The average Bonchev–Trinajstić information content (AvgIpc) is 2.16. The van der Waals surface area contributed by atoms with Gasteiger partial charge >= 0.3 is 0 Å². The molecular weight excluding hydrogens is 386 g/mol. The van der Waals surface area contributed by atoms with Gasteiger partial charge < -0.3 is 0 Å². The molecule has 0 fully saturated rings. The van der Waals surface area contributed by atoms with Gasteiger partial charge in [0.05, 0.1) is 0 Å². The molecule has 0 heterocycles. The second-order valence-corrected chi connectivity index (χ2v) is 5.11. The van der Waals surface area contributed by atoms with Crippen LogP contribution in [0, 0.1) is 0 Å². The number of allylic oxidation sites excluding steroid dienone is 1. The maximum absolute atomic E-state index is 2.46. The molecule has 0 aromatic rings. The molecule has 0 aromatic heterocycles. The molecule has 0 unspecified atom stereocenters. The van der Waals surface area contributed by atoms with Gasteiger partial charge in [-0.3, -0.25) is 0 Å². The summed E-state index contributed by atoms with van der Waals surface area (Å²) >= 11 is 4.75. The van der Waals surface area contributed by atoms with E-state index >= 15 is 0 Å². The van der Waals surface area contributed by atoms with Crippen LogP contribution in [0.4, 0.5) is 0 Å². The molecule has 0 rings (SSSR count). The number of rotatable bonds is 9. The molecule has 0 aliphatic rings. The van der Waals surface area contributed by atoms with Gasteiger partial charge in [0.2, 0.25) is 0 Å². The fourth-order valence-electron chi connectivity index (χ4n) is 1.30. The lowest BCUT2D eigenvalue weighted by atomic mass is 10.1. The van der Waals surface area contributed by atoms with Crippen LogP contribution in [0.5, 0.6) is 0 Å². The summed E-state index contributed by atoms with van der Waals surface area (Å²) in [5, 5.41) is 0. The molecular formula is C11H20I2. The quantitative estimate of drug-likeness (QED) is 0.270. The van der Waals surface area contributed by atoms with Crippen molar-refractivity contribution in [2.45, 2.75) is 51.4 Å². The Morgan fingerprint density at radius 2 is 1.31 bits per heavy atom.